The number of rotatable bonds is 7. The molecule has 0 aliphatic rings. The molecule has 0 radical (unpaired) electrons. The van der Waals surface area contributed by atoms with Crippen molar-refractivity contribution in [2.24, 2.45) is 0 Å². The van der Waals surface area contributed by atoms with Gasteiger partial charge in [-0.2, -0.15) is 0 Å². The number of hydrogen-bond donors (Lipinski definition) is 2. The van der Waals surface area contributed by atoms with E-state index >= 15 is 0 Å². The summed E-state index contributed by atoms with van der Waals surface area (Å²) < 4.78 is 11.2. The van der Waals surface area contributed by atoms with E-state index in [2.05, 4.69) is 15.3 Å². The zero-order valence-electron chi connectivity index (χ0n) is 17.8. The van der Waals surface area contributed by atoms with Crippen molar-refractivity contribution in [2.45, 2.75) is 19.9 Å². The fourth-order valence-electron chi connectivity index (χ4n) is 3.66. The number of aromatic nitrogens is 2. The Hall–Kier alpha value is -3.80. The number of aryl methyl sites for hydroxylation is 1. The van der Waals surface area contributed by atoms with Crippen LogP contribution in [0.4, 0.5) is 5.69 Å². The molecule has 1 atom stereocenters. The Labute approximate surface area is 181 Å². The number of nitrogens with one attached hydrogen (secondary N) is 1. The third-order valence-electron chi connectivity index (χ3n) is 5.10. The van der Waals surface area contributed by atoms with Gasteiger partial charge in [-0.3, -0.25) is 9.97 Å². The highest BCUT2D eigenvalue weighted by atomic mass is 16.5. The van der Waals surface area contributed by atoms with Gasteiger partial charge in [0.25, 0.3) is 0 Å². The molecular weight excluding hydrogens is 390 g/mol. The molecule has 158 valence electrons. The van der Waals surface area contributed by atoms with Crippen molar-refractivity contribution in [2.75, 3.05) is 19.0 Å². The summed E-state index contributed by atoms with van der Waals surface area (Å²) in [7, 11) is 1.62. The summed E-state index contributed by atoms with van der Waals surface area (Å²) in [6.07, 6.45) is 5.25. The lowest BCUT2D eigenvalue weighted by Gasteiger charge is -2.23. The molecule has 2 N–H and O–H groups in total. The Morgan fingerprint density at radius 2 is 1.94 bits per heavy atom. The molecule has 2 aromatic heterocycles. The number of aromatic hydroxyl groups is 1. The summed E-state index contributed by atoms with van der Waals surface area (Å²) in [5.41, 5.74) is 4.06. The van der Waals surface area contributed by atoms with E-state index in [0.29, 0.717) is 29.2 Å². The van der Waals surface area contributed by atoms with E-state index in [-0.39, 0.29) is 11.8 Å². The summed E-state index contributed by atoms with van der Waals surface area (Å²) in [6.45, 7) is 4.47. The zero-order chi connectivity index (χ0) is 21.8. The highest BCUT2D eigenvalue weighted by molar-refractivity contribution is 5.86. The van der Waals surface area contributed by atoms with E-state index in [9.17, 15) is 5.11 Å². The largest absolute Gasteiger partial charge is 0.505 e. The first kappa shape index (κ1) is 20.5. The Balaban J connectivity index is 1.85. The van der Waals surface area contributed by atoms with Crippen LogP contribution in [0.15, 0.2) is 67.1 Å². The molecule has 2 aromatic carbocycles. The SMILES string of the molecule is CCOc1ccc(C(Nc2cncc(C)c2)c2ccc3cccnc3c2O)cc1OC. The second-order valence-electron chi connectivity index (χ2n) is 7.25. The van der Waals surface area contributed by atoms with Gasteiger partial charge in [0.15, 0.2) is 11.5 Å². The third kappa shape index (κ3) is 4.23. The Morgan fingerprint density at radius 3 is 2.71 bits per heavy atom. The maximum absolute atomic E-state index is 11.1. The van der Waals surface area contributed by atoms with Gasteiger partial charge in [-0.05, 0) is 49.2 Å². The second kappa shape index (κ2) is 8.92. The average molecular weight is 415 g/mol. The minimum absolute atomic E-state index is 0.143. The smallest absolute Gasteiger partial charge is 0.161 e. The first-order valence-corrected chi connectivity index (χ1v) is 10.2. The third-order valence-corrected chi connectivity index (χ3v) is 5.10. The Bertz CT molecular complexity index is 1210. The van der Waals surface area contributed by atoms with Crippen LogP contribution in [0.25, 0.3) is 10.9 Å². The van der Waals surface area contributed by atoms with E-state index < -0.39 is 0 Å². The molecule has 0 aliphatic heterocycles. The Morgan fingerprint density at radius 1 is 1.06 bits per heavy atom. The normalized spacial score (nSPS) is 11.8. The summed E-state index contributed by atoms with van der Waals surface area (Å²) in [5, 5.41) is 15.5. The van der Waals surface area contributed by atoms with Crippen molar-refractivity contribution < 1.29 is 14.6 Å². The van der Waals surface area contributed by atoms with Crippen molar-refractivity contribution >= 4 is 16.6 Å². The first-order valence-electron chi connectivity index (χ1n) is 10.2. The van der Waals surface area contributed by atoms with Crippen LogP contribution in [0.2, 0.25) is 0 Å². The topological polar surface area (TPSA) is 76.5 Å². The quantitative estimate of drug-likeness (QED) is 0.429. The van der Waals surface area contributed by atoms with Gasteiger partial charge in [0, 0.05) is 29.5 Å². The first-order chi connectivity index (χ1) is 15.1. The lowest BCUT2D eigenvalue weighted by molar-refractivity contribution is 0.310. The second-order valence-corrected chi connectivity index (χ2v) is 7.25. The monoisotopic (exact) mass is 415 g/mol. The predicted molar refractivity (Wildman–Crippen MR) is 122 cm³/mol. The lowest BCUT2D eigenvalue weighted by atomic mass is 9.95. The molecule has 31 heavy (non-hydrogen) atoms. The van der Waals surface area contributed by atoms with Crippen LogP contribution in [0.5, 0.6) is 17.2 Å². The number of pyridine rings is 2. The molecule has 0 amide bonds. The summed E-state index contributed by atoms with van der Waals surface area (Å²) >= 11 is 0. The van der Waals surface area contributed by atoms with Gasteiger partial charge in [-0.25, -0.2) is 0 Å². The molecule has 0 fully saturated rings. The van der Waals surface area contributed by atoms with Crippen LogP contribution < -0.4 is 14.8 Å². The van der Waals surface area contributed by atoms with Gasteiger partial charge < -0.3 is 19.9 Å². The zero-order valence-corrected chi connectivity index (χ0v) is 17.8. The van der Waals surface area contributed by atoms with Crippen LogP contribution in [-0.4, -0.2) is 28.8 Å². The fourth-order valence-corrected chi connectivity index (χ4v) is 3.66. The lowest BCUT2D eigenvalue weighted by Crippen LogP contribution is -2.13. The van der Waals surface area contributed by atoms with Gasteiger partial charge in [0.05, 0.1) is 25.4 Å². The number of fused-ring (bicyclic) bond motifs is 1. The summed E-state index contributed by atoms with van der Waals surface area (Å²) in [5.74, 6) is 1.45. The van der Waals surface area contributed by atoms with Gasteiger partial charge in [-0.1, -0.05) is 24.3 Å². The standard InChI is InChI=1S/C25H25N3O3/c1-4-31-21-10-8-18(13-22(21)30-3)23(28-19-12-16(2)14-26-15-19)20-9-7-17-6-5-11-27-24(17)25(20)29/h5-15,23,28-29H,4H2,1-3H3. The molecule has 4 aromatic rings. The van der Waals surface area contributed by atoms with Gasteiger partial charge in [0.2, 0.25) is 0 Å². The molecular formula is C25H25N3O3. The number of phenols is 1. The van der Waals surface area contributed by atoms with Gasteiger partial charge in [-0.15, -0.1) is 0 Å². The number of hydrogen-bond acceptors (Lipinski definition) is 6. The molecule has 0 saturated heterocycles. The molecule has 0 saturated carbocycles. The molecule has 6 heteroatoms. The van der Waals surface area contributed by atoms with E-state index in [1.807, 2.05) is 62.4 Å². The van der Waals surface area contributed by atoms with Crippen LogP contribution in [-0.2, 0) is 0 Å². The minimum atomic E-state index is -0.361. The van der Waals surface area contributed by atoms with Crippen molar-refractivity contribution in [1.29, 1.82) is 0 Å². The maximum atomic E-state index is 11.1. The van der Waals surface area contributed by atoms with Crippen molar-refractivity contribution in [1.82, 2.24) is 9.97 Å². The van der Waals surface area contributed by atoms with E-state index in [1.54, 1.807) is 25.7 Å². The number of ether oxygens (including phenoxy) is 2. The van der Waals surface area contributed by atoms with E-state index in [0.717, 1.165) is 22.2 Å². The van der Waals surface area contributed by atoms with Crippen LogP contribution in [0, 0.1) is 6.92 Å². The van der Waals surface area contributed by atoms with Crippen molar-refractivity contribution in [3.05, 3.63) is 83.8 Å². The average Bonchev–Trinajstić information content (AvgIpc) is 2.79. The van der Waals surface area contributed by atoms with Gasteiger partial charge in [0.1, 0.15) is 11.3 Å². The minimum Gasteiger partial charge on any atom is -0.505 e. The van der Waals surface area contributed by atoms with E-state index in [1.165, 1.54) is 0 Å². The van der Waals surface area contributed by atoms with E-state index in [4.69, 9.17) is 9.47 Å². The van der Waals surface area contributed by atoms with Gasteiger partial charge >= 0.3 is 0 Å². The number of phenolic OH excluding ortho intramolecular Hbond substituents is 1. The van der Waals surface area contributed by atoms with Crippen LogP contribution in [0.3, 0.4) is 0 Å². The summed E-state index contributed by atoms with van der Waals surface area (Å²) in [4.78, 5) is 8.66. The van der Waals surface area contributed by atoms with Crippen molar-refractivity contribution in [3.63, 3.8) is 0 Å². The van der Waals surface area contributed by atoms with Crippen LogP contribution in [0.1, 0.15) is 29.7 Å². The van der Waals surface area contributed by atoms with Crippen molar-refractivity contribution in [3.8, 4) is 17.2 Å². The number of anilines is 1. The maximum Gasteiger partial charge on any atom is 0.161 e. The number of methoxy groups -OCH3 is 1. The molecule has 0 spiro atoms. The molecule has 6 nitrogen and oxygen atoms in total. The molecule has 0 aliphatic carbocycles. The summed E-state index contributed by atoms with van der Waals surface area (Å²) in [6, 6.07) is 15.1. The molecule has 2 heterocycles. The van der Waals surface area contributed by atoms with Crippen LogP contribution >= 0.6 is 0 Å². The molecule has 1 unspecified atom stereocenters. The predicted octanol–water partition coefficient (Wildman–Crippen LogP) is 5.25. The fraction of sp³-hybridized carbons (Fsp3) is 0.200. The Kier molecular flexibility index (Phi) is 5.89. The number of benzene rings is 2. The highest BCUT2D eigenvalue weighted by Crippen LogP contribution is 2.39. The molecule has 0 bridgehead atoms. The highest BCUT2D eigenvalue weighted by Gasteiger charge is 2.22. The molecule has 4 rings (SSSR count). The number of nitrogens with zero attached hydrogens (tertiary/aromatic N) is 2.